The van der Waals surface area contributed by atoms with Crippen LogP contribution in [0, 0.1) is 0 Å². The van der Waals surface area contributed by atoms with E-state index in [1.54, 1.807) is 31.2 Å². The number of ether oxygens (including phenoxy) is 1. The van der Waals surface area contributed by atoms with Crippen molar-refractivity contribution in [2.45, 2.75) is 13.0 Å². The number of hydrogen-bond acceptors (Lipinski definition) is 5. The van der Waals surface area contributed by atoms with Gasteiger partial charge in [-0.1, -0.05) is 11.6 Å². The van der Waals surface area contributed by atoms with E-state index >= 15 is 0 Å². The molecule has 0 radical (unpaired) electrons. The van der Waals surface area contributed by atoms with Gasteiger partial charge in [-0.25, -0.2) is 9.86 Å². The van der Waals surface area contributed by atoms with Crippen molar-refractivity contribution in [3.8, 4) is 11.7 Å². The van der Waals surface area contributed by atoms with E-state index < -0.39 is 18.0 Å². The van der Waals surface area contributed by atoms with Crippen molar-refractivity contribution in [2.24, 2.45) is 5.73 Å². The Morgan fingerprint density at radius 1 is 1.33 bits per heavy atom. The van der Waals surface area contributed by atoms with Crippen LogP contribution < -0.4 is 15.8 Å². The minimum absolute atomic E-state index is 0.0226. The summed E-state index contributed by atoms with van der Waals surface area (Å²) < 4.78 is 10.7. The van der Waals surface area contributed by atoms with Gasteiger partial charge in [-0.05, 0) is 37.3 Å². The first kappa shape index (κ1) is 17.6. The minimum atomic E-state index is -1.01. The third kappa shape index (κ3) is 4.90. The van der Waals surface area contributed by atoms with Crippen LogP contribution in [0.25, 0.3) is 0 Å². The number of carbonyl (C=O) groups excluding carboxylic acids is 2. The number of benzene rings is 1. The molecule has 0 fully saturated rings. The van der Waals surface area contributed by atoms with Crippen LogP contribution in [0.5, 0.6) is 11.7 Å². The molecule has 1 aromatic heterocycles. The molecule has 128 valence electrons. The zero-order valence-corrected chi connectivity index (χ0v) is 13.5. The Morgan fingerprint density at radius 2 is 2.00 bits per heavy atom. The fourth-order valence-corrected chi connectivity index (χ4v) is 1.93. The van der Waals surface area contributed by atoms with Crippen molar-refractivity contribution in [1.82, 2.24) is 10.4 Å². The van der Waals surface area contributed by atoms with Gasteiger partial charge in [0.25, 0.3) is 11.9 Å². The van der Waals surface area contributed by atoms with Crippen LogP contribution in [0.1, 0.15) is 17.5 Å². The summed E-state index contributed by atoms with van der Waals surface area (Å²) in [5.74, 6) is 0.142. The van der Waals surface area contributed by atoms with E-state index in [1.165, 1.54) is 12.1 Å². The second kappa shape index (κ2) is 7.71. The Kier molecular flexibility index (Phi) is 5.67. The molecule has 0 aliphatic carbocycles. The second-order valence-corrected chi connectivity index (χ2v) is 5.41. The number of rotatable bonds is 6. The number of primary amides is 1. The fourth-order valence-electron chi connectivity index (χ4n) is 1.81. The lowest BCUT2D eigenvalue weighted by Crippen LogP contribution is -2.44. The van der Waals surface area contributed by atoms with Crippen molar-refractivity contribution in [2.75, 3.05) is 6.54 Å². The highest BCUT2D eigenvalue weighted by atomic mass is 35.5. The van der Waals surface area contributed by atoms with Crippen LogP contribution in [0.2, 0.25) is 5.02 Å². The van der Waals surface area contributed by atoms with Crippen molar-refractivity contribution >= 4 is 23.5 Å². The second-order valence-electron chi connectivity index (χ2n) is 4.97. The fraction of sp³-hybridized carbons (Fsp3) is 0.200. The number of hydrogen-bond donors (Lipinski definition) is 3. The van der Waals surface area contributed by atoms with Gasteiger partial charge in [0.15, 0.2) is 5.76 Å². The summed E-state index contributed by atoms with van der Waals surface area (Å²) in [6.07, 6.45) is 0. The molecule has 0 saturated carbocycles. The first-order valence-electron chi connectivity index (χ1n) is 6.95. The molecule has 0 unspecified atom stereocenters. The zero-order chi connectivity index (χ0) is 17.7. The van der Waals surface area contributed by atoms with Crippen LogP contribution >= 0.6 is 11.6 Å². The lowest BCUT2D eigenvalue weighted by molar-refractivity contribution is -0.0440. The largest absolute Gasteiger partial charge is 0.426 e. The summed E-state index contributed by atoms with van der Waals surface area (Å²) in [7, 11) is 0. The molecule has 8 nitrogen and oxygen atoms in total. The van der Waals surface area contributed by atoms with E-state index in [0.717, 1.165) is 0 Å². The predicted octanol–water partition coefficient (Wildman–Crippen LogP) is 2.61. The first-order chi connectivity index (χ1) is 11.3. The number of nitrogens with two attached hydrogens (primary N) is 1. The minimum Gasteiger partial charge on any atom is -0.426 e. The topological polar surface area (TPSA) is 118 Å². The normalized spacial score (nSPS) is 11.6. The molecular weight excluding hydrogens is 338 g/mol. The predicted molar refractivity (Wildman–Crippen MR) is 85.2 cm³/mol. The molecule has 4 N–H and O–H groups in total. The summed E-state index contributed by atoms with van der Waals surface area (Å²) in [6.45, 7) is 1.44. The van der Waals surface area contributed by atoms with Gasteiger partial charge in [0, 0.05) is 17.1 Å². The number of nitrogens with zero attached hydrogens (tertiary/aromatic N) is 1. The molecule has 0 aliphatic heterocycles. The molecular formula is C15H16ClN3O5. The van der Waals surface area contributed by atoms with Crippen LogP contribution in [0.4, 0.5) is 4.79 Å². The van der Waals surface area contributed by atoms with Gasteiger partial charge in [0.05, 0.1) is 6.54 Å². The molecule has 0 spiro atoms. The average molecular weight is 354 g/mol. The highest BCUT2D eigenvalue weighted by Gasteiger charge is 2.17. The third-order valence-corrected chi connectivity index (χ3v) is 3.17. The molecule has 1 aromatic carbocycles. The number of halogens is 1. The van der Waals surface area contributed by atoms with E-state index in [9.17, 15) is 14.8 Å². The summed E-state index contributed by atoms with van der Waals surface area (Å²) in [4.78, 5) is 22.8. The highest BCUT2D eigenvalue weighted by molar-refractivity contribution is 6.30. The van der Waals surface area contributed by atoms with Gasteiger partial charge in [0.1, 0.15) is 5.75 Å². The summed E-state index contributed by atoms with van der Waals surface area (Å²) in [6, 6.07) is 8.03. The lowest BCUT2D eigenvalue weighted by Gasteiger charge is -2.18. The number of amides is 3. The van der Waals surface area contributed by atoms with Gasteiger partial charge in [0.2, 0.25) is 0 Å². The Bertz CT molecular complexity index is 716. The van der Waals surface area contributed by atoms with Crippen molar-refractivity contribution in [1.29, 1.82) is 0 Å². The number of furan rings is 1. The highest BCUT2D eigenvalue weighted by Crippen LogP contribution is 2.25. The quantitative estimate of drug-likeness (QED) is 0.545. The maximum absolute atomic E-state index is 12.0. The number of hydroxylamine groups is 2. The monoisotopic (exact) mass is 353 g/mol. The van der Waals surface area contributed by atoms with E-state index in [0.29, 0.717) is 15.8 Å². The molecule has 1 atom stereocenters. The number of carbonyl (C=O) groups is 2. The molecule has 2 rings (SSSR count). The maximum Gasteiger partial charge on any atom is 0.338 e. The van der Waals surface area contributed by atoms with Gasteiger partial charge >= 0.3 is 6.03 Å². The van der Waals surface area contributed by atoms with E-state index in [4.69, 9.17) is 26.5 Å². The summed E-state index contributed by atoms with van der Waals surface area (Å²) >= 11 is 5.78. The van der Waals surface area contributed by atoms with Gasteiger partial charge in [-0.15, -0.1) is 0 Å². The molecule has 0 aliphatic rings. The van der Waals surface area contributed by atoms with Gasteiger partial charge < -0.3 is 20.2 Å². The SMILES string of the molecule is C[C@@H](CN(O)C(N)=O)NC(=O)c1ccc(Oc2ccc(Cl)cc2)o1. The molecule has 24 heavy (non-hydrogen) atoms. The summed E-state index contributed by atoms with van der Waals surface area (Å²) in [5, 5.41) is 12.7. The standard InChI is InChI=1S/C15H16ClN3O5/c1-9(8-19(22)15(17)21)18-14(20)12-6-7-13(24-12)23-11-4-2-10(16)3-5-11/h2-7,9,22H,8H2,1H3,(H2,17,21)(H,18,20)/t9-/m0/s1. The van der Waals surface area contributed by atoms with Crippen molar-refractivity contribution < 1.29 is 24.0 Å². The Balaban J connectivity index is 1.93. The smallest absolute Gasteiger partial charge is 0.338 e. The van der Waals surface area contributed by atoms with E-state index in [1.807, 2.05) is 0 Å². The summed E-state index contributed by atoms with van der Waals surface area (Å²) in [5.41, 5.74) is 4.89. The zero-order valence-electron chi connectivity index (χ0n) is 12.7. The molecule has 9 heteroatoms. The van der Waals surface area contributed by atoms with Crippen molar-refractivity contribution in [3.05, 3.63) is 47.2 Å². The molecule has 0 bridgehead atoms. The van der Waals surface area contributed by atoms with E-state index in [2.05, 4.69) is 5.32 Å². The molecule has 3 amide bonds. The van der Waals surface area contributed by atoms with Crippen LogP contribution in [0.3, 0.4) is 0 Å². The molecule has 1 heterocycles. The lowest BCUT2D eigenvalue weighted by atomic mass is 10.3. The Labute approximate surface area is 142 Å². The van der Waals surface area contributed by atoms with Crippen LogP contribution in [0.15, 0.2) is 40.8 Å². The first-order valence-corrected chi connectivity index (χ1v) is 7.33. The molecule has 0 saturated heterocycles. The Hall–Kier alpha value is -2.71. The van der Waals surface area contributed by atoms with E-state index in [-0.39, 0.29) is 18.3 Å². The van der Waals surface area contributed by atoms with Gasteiger partial charge in [-0.3, -0.25) is 10.0 Å². The van der Waals surface area contributed by atoms with Gasteiger partial charge in [-0.2, -0.15) is 0 Å². The van der Waals surface area contributed by atoms with Crippen LogP contribution in [-0.4, -0.2) is 34.8 Å². The van der Waals surface area contributed by atoms with Crippen molar-refractivity contribution in [3.63, 3.8) is 0 Å². The molecule has 2 aromatic rings. The maximum atomic E-state index is 12.0. The Morgan fingerprint density at radius 3 is 2.62 bits per heavy atom. The number of nitrogens with one attached hydrogen (secondary N) is 1. The van der Waals surface area contributed by atoms with Crippen LogP contribution in [-0.2, 0) is 0 Å². The third-order valence-electron chi connectivity index (χ3n) is 2.92. The average Bonchev–Trinajstić information content (AvgIpc) is 2.98. The number of urea groups is 1.